The van der Waals surface area contributed by atoms with E-state index in [9.17, 15) is 9.59 Å². The van der Waals surface area contributed by atoms with Crippen LogP contribution in [-0.4, -0.2) is 40.4 Å². The van der Waals surface area contributed by atoms with E-state index in [0.717, 1.165) is 35.3 Å². The number of nitrogens with one attached hydrogen (secondary N) is 3. The number of ether oxygens (including phenoxy) is 2. The Morgan fingerprint density at radius 2 is 1.73 bits per heavy atom. The van der Waals surface area contributed by atoms with Crippen molar-refractivity contribution < 1.29 is 19.1 Å². The van der Waals surface area contributed by atoms with Gasteiger partial charge in [-0.05, 0) is 62.2 Å². The lowest BCUT2D eigenvalue weighted by molar-refractivity contribution is -0.119. The molecule has 10 nitrogen and oxygen atoms in total. The van der Waals surface area contributed by atoms with Crippen LogP contribution in [-0.2, 0) is 21.4 Å². The smallest absolute Gasteiger partial charge is 0.324 e. The molecule has 0 atom stereocenters. The maximum absolute atomic E-state index is 13.1. The second-order valence-electron chi connectivity index (χ2n) is 10.4. The zero-order chi connectivity index (χ0) is 28.3. The predicted molar refractivity (Wildman–Crippen MR) is 154 cm³/mol. The summed E-state index contributed by atoms with van der Waals surface area (Å²) in [5, 5.41) is 13.5. The van der Waals surface area contributed by atoms with Gasteiger partial charge in [-0.2, -0.15) is 5.10 Å². The van der Waals surface area contributed by atoms with Crippen LogP contribution < -0.4 is 20.7 Å². The molecule has 0 saturated carbocycles. The minimum absolute atomic E-state index is 0.0564. The van der Waals surface area contributed by atoms with E-state index in [-0.39, 0.29) is 24.0 Å². The Balaban J connectivity index is 1.27. The molecule has 0 bridgehead atoms. The lowest BCUT2D eigenvalue weighted by Gasteiger charge is -2.16. The molecule has 4 aromatic rings. The Hall–Kier alpha value is -4.70. The number of hydrogen-bond acceptors (Lipinski definition) is 6. The average molecular weight is 541 g/mol. The zero-order valence-corrected chi connectivity index (χ0v) is 22.9. The fourth-order valence-electron chi connectivity index (χ4n) is 4.65. The predicted octanol–water partition coefficient (Wildman–Crippen LogP) is 5.82. The molecule has 5 rings (SSSR count). The van der Waals surface area contributed by atoms with Gasteiger partial charge in [0.15, 0.2) is 0 Å². The third kappa shape index (κ3) is 5.97. The van der Waals surface area contributed by atoms with Crippen LogP contribution in [0.4, 0.5) is 22.1 Å². The highest BCUT2D eigenvalue weighted by Gasteiger charge is 2.37. The number of nitrogens with zero attached hydrogens (tertiary/aromatic N) is 3. The number of anilines is 3. The monoisotopic (exact) mass is 540 g/mol. The molecule has 0 spiro atoms. The number of hydrogen-bond donors (Lipinski definition) is 3. The quantitative estimate of drug-likeness (QED) is 0.259. The molecule has 10 heteroatoms. The molecule has 2 aromatic heterocycles. The first-order valence-corrected chi connectivity index (χ1v) is 13.0. The Morgan fingerprint density at radius 1 is 0.975 bits per heavy atom. The number of methoxy groups -OCH3 is 1. The standard InChI is InChI=1S/C30H32N6O4/c1-19-5-9-21(10-6-19)36-28(24-13-15-30(2,3)27(24)35-36)34-29(38)32-20-7-11-22(12-8-20)40-23-14-16-31-25(17-23)33-26(37)18-39-4/h5-12,14,16-17H,13,15,18H2,1-4H3,(H,31,33,37)(H2,32,34,38). The number of benzene rings is 2. The van der Waals surface area contributed by atoms with Crippen LogP contribution in [0, 0.1) is 6.92 Å². The van der Waals surface area contributed by atoms with Gasteiger partial charge in [0, 0.05) is 36.0 Å². The minimum atomic E-state index is -0.361. The molecule has 3 amide bonds. The number of aromatic nitrogens is 3. The van der Waals surface area contributed by atoms with Crippen molar-refractivity contribution in [2.75, 3.05) is 29.7 Å². The maximum Gasteiger partial charge on any atom is 0.324 e. The van der Waals surface area contributed by atoms with Crippen molar-refractivity contribution in [1.82, 2.24) is 14.8 Å². The largest absolute Gasteiger partial charge is 0.457 e. The summed E-state index contributed by atoms with van der Waals surface area (Å²) in [5.41, 5.74) is 4.68. The summed E-state index contributed by atoms with van der Waals surface area (Å²) in [6.45, 7) is 6.34. The molecule has 0 unspecified atom stereocenters. The fourth-order valence-corrected chi connectivity index (χ4v) is 4.65. The highest BCUT2D eigenvalue weighted by Crippen LogP contribution is 2.42. The van der Waals surface area contributed by atoms with Crippen LogP contribution in [0.15, 0.2) is 66.9 Å². The molecule has 0 radical (unpaired) electrons. The van der Waals surface area contributed by atoms with E-state index in [4.69, 9.17) is 14.6 Å². The van der Waals surface area contributed by atoms with E-state index in [1.54, 1.807) is 36.4 Å². The second-order valence-corrected chi connectivity index (χ2v) is 10.4. The zero-order valence-electron chi connectivity index (χ0n) is 22.9. The molecule has 1 aliphatic rings. The molecule has 1 aliphatic carbocycles. The first-order chi connectivity index (χ1) is 19.2. The van der Waals surface area contributed by atoms with Crippen molar-refractivity contribution in [3.8, 4) is 17.2 Å². The number of rotatable bonds is 8. The third-order valence-electron chi connectivity index (χ3n) is 6.76. The van der Waals surface area contributed by atoms with Crippen LogP contribution in [0.5, 0.6) is 11.5 Å². The summed E-state index contributed by atoms with van der Waals surface area (Å²) in [6.07, 6.45) is 3.37. The normalized spacial score (nSPS) is 13.4. The molecule has 0 saturated heterocycles. The summed E-state index contributed by atoms with van der Waals surface area (Å²) in [4.78, 5) is 28.9. The van der Waals surface area contributed by atoms with E-state index in [1.807, 2.05) is 35.9 Å². The van der Waals surface area contributed by atoms with E-state index in [0.29, 0.717) is 28.8 Å². The topological polar surface area (TPSA) is 119 Å². The molecule has 2 aromatic carbocycles. The van der Waals surface area contributed by atoms with Gasteiger partial charge < -0.3 is 20.1 Å². The van der Waals surface area contributed by atoms with Crippen molar-refractivity contribution >= 4 is 29.3 Å². The molecular weight excluding hydrogens is 508 g/mol. The Kier molecular flexibility index (Phi) is 7.52. The van der Waals surface area contributed by atoms with Gasteiger partial charge in [0.05, 0.1) is 11.4 Å². The van der Waals surface area contributed by atoms with E-state index >= 15 is 0 Å². The summed E-state index contributed by atoms with van der Waals surface area (Å²) in [5.74, 6) is 1.80. The highest BCUT2D eigenvalue weighted by atomic mass is 16.5. The van der Waals surface area contributed by atoms with Gasteiger partial charge in [-0.3, -0.25) is 10.1 Å². The average Bonchev–Trinajstić information content (AvgIpc) is 3.43. The molecule has 3 N–H and O–H groups in total. The van der Waals surface area contributed by atoms with Crippen LogP contribution in [0.1, 0.15) is 37.1 Å². The number of urea groups is 1. The lowest BCUT2D eigenvalue weighted by Crippen LogP contribution is -2.22. The van der Waals surface area contributed by atoms with Gasteiger partial charge >= 0.3 is 6.03 Å². The van der Waals surface area contributed by atoms with Crippen LogP contribution in [0.25, 0.3) is 5.69 Å². The second kappa shape index (κ2) is 11.2. The number of fused-ring (bicyclic) bond motifs is 1. The van der Waals surface area contributed by atoms with E-state index < -0.39 is 0 Å². The van der Waals surface area contributed by atoms with Crippen molar-refractivity contribution in [2.24, 2.45) is 0 Å². The van der Waals surface area contributed by atoms with Gasteiger partial charge in [-0.15, -0.1) is 0 Å². The molecule has 0 aliphatic heterocycles. The summed E-state index contributed by atoms with van der Waals surface area (Å²) >= 11 is 0. The fraction of sp³-hybridized carbons (Fsp3) is 0.267. The molecule has 2 heterocycles. The van der Waals surface area contributed by atoms with Crippen molar-refractivity contribution in [2.45, 2.75) is 39.0 Å². The molecule has 40 heavy (non-hydrogen) atoms. The first-order valence-electron chi connectivity index (χ1n) is 13.0. The number of carbonyl (C=O) groups excluding carboxylic acids is 2. The molecular formula is C30H32N6O4. The van der Waals surface area contributed by atoms with Crippen molar-refractivity contribution in [3.05, 3.63) is 83.7 Å². The summed E-state index contributed by atoms with van der Waals surface area (Å²) in [7, 11) is 1.45. The molecule has 0 fully saturated rings. The van der Waals surface area contributed by atoms with E-state index in [1.165, 1.54) is 13.3 Å². The number of amides is 3. The van der Waals surface area contributed by atoms with Crippen LogP contribution in [0.2, 0.25) is 0 Å². The van der Waals surface area contributed by atoms with Crippen LogP contribution >= 0.6 is 0 Å². The molecule has 206 valence electrons. The van der Waals surface area contributed by atoms with Crippen LogP contribution in [0.3, 0.4) is 0 Å². The summed E-state index contributed by atoms with van der Waals surface area (Å²) < 4.78 is 12.5. The first kappa shape index (κ1) is 26.9. The van der Waals surface area contributed by atoms with E-state index in [2.05, 4.69) is 34.8 Å². The Labute approximate surface area is 232 Å². The Morgan fingerprint density at radius 3 is 2.45 bits per heavy atom. The minimum Gasteiger partial charge on any atom is -0.457 e. The van der Waals surface area contributed by atoms with Gasteiger partial charge in [0.25, 0.3) is 5.91 Å². The van der Waals surface area contributed by atoms with Crippen molar-refractivity contribution in [1.29, 1.82) is 0 Å². The SMILES string of the molecule is COCC(=O)Nc1cc(Oc2ccc(NC(=O)Nc3c4c(nn3-c3ccc(C)cc3)C(C)(C)CC4)cc2)ccn1. The van der Waals surface area contributed by atoms with Gasteiger partial charge in [-0.25, -0.2) is 14.5 Å². The van der Waals surface area contributed by atoms with Crippen molar-refractivity contribution in [3.63, 3.8) is 0 Å². The maximum atomic E-state index is 13.1. The number of pyridine rings is 1. The number of aryl methyl sites for hydroxylation is 1. The Bertz CT molecular complexity index is 1530. The summed E-state index contributed by atoms with van der Waals surface area (Å²) in [6, 6.07) is 18.0. The number of carbonyl (C=O) groups is 2. The lowest BCUT2D eigenvalue weighted by atomic mass is 9.91. The van der Waals surface area contributed by atoms with Gasteiger partial charge in [0.2, 0.25) is 0 Å². The third-order valence-corrected chi connectivity index (χ3v) is 6.76. The van der Waals surface area contributed by atoms with Gasteiger partial charge in [-0.1, -0.05) is 31.5 Å². The highest BCUT2D eigenvalue weighted by molar-refractivity contribution is 6.00. The van der Waals surface area contributed by atoms with Gasteiger partial charge in [0.1, 0.15) is 29.7 Å².